The van der Waals surface area contributed by atoms with Crippen molar-refractivity contribution in [1.82, 2.24) is 9.88 Å². The molecule has 114 valence electrons. The van der Waals surface area contributed by atoms with Crippen LogP contribution < -0.4 is 4.90 Å². The van der Waals surface area contributed by atoms with Crippen LogP contribution in [0, 0.1) is 0 Å². The molecule has 1 saturated heterocycles. The molecular formula is C16H23N3O2. The van der Waals surface area contributed by atoms with Gasteiger partial charge in [0.2, 0.25) is 0 Å². The molecule has 1 aliphatic heterocycles. The predicted octanol–water partition coefficient (Wildman–Crippen LogP) is 2.10. The van der Waals surface area contributed by atoms with Crippen molar-refractivity contribution in [3.05, 3.63) is 30.0 Å². The largest absolute Gasteiger partial charge is 0.478 e. The number of carboxylic acid groups (broad SMARTS) is 1. The number of aliphatic carboxylic acids is 1. The van der Waals surface area contributed by atoms with E-state index in [1.54, 1.807) is 12.3 Å². The summed E-state index contributed by atoms with van der Waals surface area (Å²) in [6, 6.07) is 4.35. The van der Waals surface area contributed by atoms with Crippen LogP contribution in [0.1, 0.15) is 25.8 Å². The lowest BCUT2D eigenvalue weighted by Gasteiger charge is -2.38. The maximum atomic E-state index is 10.7. The highest BCUT2D eigenvalue weighted by Gasteiger charge is 2.21. The van der Waals surface area contributed by atoms with Gasteiger partial charge in [-0.3, -0.25) is 4.90 Å². The van der Waals surface area contributed by atoms with Crippen molar-refractivity contribution < 1.29 is 9.90 Å². The Kier molecular flexibility index (Phi) is 5.33. The van der Waals surface area contributed by atoms with Crippen LogP contribution in [0.5, 0.6) is 0 Å². The number of piperazine rings is 1. The Labute approximate surface area is 125 Å². The Morgan fingerprint density at radius 3 is 2.76 bits per heavy atom. The highest BCUT2D eigenvalue weighted by atomic mass is 16.4. The van der Waals surface area contributed by atoms with E-state index in [1.165, 1.54) is 0 Å². The number of pyridine rings is 1. The molecule has 1 N–H and O–H groups in total. The monoisotopic (exact) mass is 289 g/mol. The normalized spacial score (nSPS) is 18.1. The maximum Gasteiger partial charge on any atom is 0.328 e. The second-order valence-electron chi connectivity index (χ2n) is 5.37. The average Bonchev–Trinajstić information content (AvgIpc) is 2.52. The van der Waals surface area contributed by atoms with Gasteiger partial charge in [0, 0.05) is 50.1 Å². The van der Waals surface area contributed by atoms with Crippen LogP contribution in [0.25, 0.3) is 6.08 Å². The van der Waals surface area contributed by atoms with Gasteiger partial charge in [-0.15, -0.1) is 0 Å². The summed E-state index contributed by atoms with van der Waals surface area (Å²) >= 11 is 0. The Morgan fingerprint density at radius 2 is 2.14 bits per heavy atom. The van der Waals surface area contributed by atoms with Crippen molar-refractivity contribution >= 4 is 17.9 Å². The molecule has 1 aliphatic rings. The first-order chi connectivity index (χ1) is 10.1. The third-order valence-corrected chi connectivity index (χ3v) is 4.05. The minimum absolute atomic E-state index is 0.613. The van der Waals surface area contributed by atoms with Crippen molar-refractivity contribution in [3.63, 3.8) is 0 Å². The van der Waals surface area contributed by atoms with Gasteiger partial charge < -0.3 is 10.0 Å². The van der Waals surface area contributed by atoms with Gasteiger partial charge in [-0.05, 0) is 31.6 Å². The van der Waals surface area contributed by atoms with Gasteiger partial charge in [0.05, 0.1) is 0 Å². The van der Waals surface area contributed by atoms with Crippen molar-refractivity contribution in [3.8, 4) is 0 Å². The van der Waals surface area contributed by atoms with E-state index in [0.717, 1.165) is 50.1 Å². The second-order valence-corrected chi connectivity index (χ2v) is 5.37. The van der Waals surface area contributed by atoms with Crippen molar-refractivity contribution in [1.29, 1.82) is 0 Å². The minimum atomic E-state index is -0.939. The molecule has 2 heterocycles. The van der Waals surface area contributed by atoms with Gasteiger partial charge in [0.15, 0.2) is 0 Å². The van der Waals surface area contributed by atoms with E-state index >= 15 is 0 Å². The van der Waals surface area contributed by atoms with Crippen LogP contribution in [0.3, 0.4) is 0 Å². The molecule has 0 spiro atoms. The number of carboxylic acids is 1. The second kappa shape index (κ2) is 7.22. The summed E-state index contributed by atoms with van der Waals surface area (Å²) in [7, 11) is 0. The summed E-state index contributed by atoms with van der Waals surface area (Å²) in [5.41, 5.74) is 0.858. The number of anilines is 1. The first-order valence-corrected chi connectivity index (χ1v) is 7.46. The number of hydrogen-bond donors (Lipinski definition) is 1. The summed E-state index contributed by atoms with van der Waals surface area (Å²) in [6.07, 6.45) is 5.70. The van der Waals surface area contributed by atoms with Crippen molar-refractivity contribution in [2.45, 2.75) is 26.3 Å². The smallest absolute Gasteiger partial charge is 0.328 e. The molecule has 5 nitrogen and oxygen atoms in total. The first-order valence-electron chi connectivity index (χ1n) is 7.46. The average molecular weight is 289 g/mol. The molecule has 0 bridgehead atoms. The zero-order valence-electron chi connectivity index (χ0n) is 12.7. The molecule has 1 fully saturated rings. The van der Waals surface area contributed by atoms with Gasteiger partial charge >= 0.3 is 5.97 Å². The molecule has 1 unspecified atom stereocenters. The summed E-state index contributed by atoms with van der Waals surface area (Å²) in [5, 5.41) is 8.77. The molecule has 1 atom stereocenters. The lowest BCUT2D eigenvalue weighted by Crippen LogP contribution is -2.49. The molecular weight excluding hydrogens is 266 g/mol. The van der Waals surface area contributed by atoms with Crippen molar-refractivity contribution in [2.75, 3.05) is 31.1 Å². The van der Waals surface area contributed by atoms with E-state index in [1.807, 2.05) is 12.1 Å². The van der Waals surface area contributed by atoms with Crippen LogP contribution in [0.4, 0.5) is 5.82 Å². The van der Waals surface area contributed by atoms with E-state index in [2.05, 4.69) is 28.6 Å². The number of hydrogen-bond acceptors (Lipinski definition) is 4. The number of nitrogens with zero attached hydrogens (tertiary/aromatic N) is 3. The Bertz CT molecular complexity index is 508. The van der Waals surface area contributed by atoms with Gasteiger partial charge in [-0.25, -0.2) is 9.78 Å². The Balaban J connectivity index is 2.08. The summed E-state index contributed by atoms with van der Waals surface area (Å²) in [6.45, 7) is 8.37. The summed E-state index contributed by atoms with van der Waals surface area (Å²) < 4.78 is 0. The maximum absolute atomic E-state index is 10.7. The molecule has 0 aromatic carbocycles. The Hall–Kier alpha value is -1.88. The Morgan fingerprint density at radius 1 is 1.43 bits per heavy atom. The van der Waals surface area contributed by atoms with E-state index in [-0.39, 0.29) is 0 Å². The third kappa shape index (κ3) is 4.04. The van der Waals surface area contributed by atoms with Gasteiger partial charge in [-0.1, -0.05) is 6.92 Å². The van der Waals surface area contributed by atoms with E-state index in [4.69, 9.17) is 5.11 Å². The molecule has 0 aliphatic carbocycles. The van der Waals surface area contributed by atoms with E-state index in [9.17, 15) is 4.79 Å². The first kappa shape index (κ1) is 15.5. The molecule has 5 heteroatoms. The van der Waals surface area contributed by atoms with Gasteiger partial charge in [-0.2, -0.15) is 0 Å². The summed E-state index contributed by atoms with van der Waals surface area (Å²) in [4.78, 5) is 19.8. The number of carbonyl (C=O) groups is 1. The molecule has 1 aromatic heterocycles. The van der Waals surface area contributed by atoms with Crippen LogP contribution in [-0.2, 0) is 4.79 Å². The number of aromatic nitrogens is 1. The predicted molar refractivity (Wildman–Crippen MR) is 84.4 cm³/mol. The van der Waals surface area contributed by atoms with Crippen LogP contribution >= 0.6 is 0 Å². The lowest BCUT2D eigenvalue weighted by atomic mass is 10.1. The van der Waals surface area contributed by atoms with E-state index in [0.29, 0.717) is 6.04 Å². The summed E-state index contributed by atoms with van der Waals surface area (Å²) in [5.74, 6) is -0.0646. The van der Waals surface area contributed by atoms with Crippen LogP contribution in [-0.4, -0.2) is 53.2 Å². The fourth-order valence-corrected chi connectivity index (χ4v) is 2.60. The van der Waals surface area contributed by atoms with E-state index < -0.39 is 5.97 Å². The SMILES string of the molecule is CCC(C)N1CCN(c2ncccc2/C=C/C(=O)O)CC1. The van der Waals surface area contributed by atoms with Crippen LogP contribution in [0.2, 0.25) is 0 Å². The minimum Gasteiger partial charge on any atom is -0.478 e. The molecule has 1 aromatic rings. The topological polar surface area (TPSA) is 56.7 Å². The van der Waals surface area contributed by atoms with Gasteiger partial charge in [0.25, 0.3) is 0 Å². The van der Waals surface area contributed by atoms with Crippen molar-refractivity contribution in [2.24, 2.45) is 0 Å². The fourth-order valence-electron chi connectivity index (χ4n) is 2.60. The molecule has 2 rings (SSSR count). The van der Waals surface area contributed by atoms with Gasteiger partial charge in [0.1, 0.15) is 5.82 Å². The molecule has 21 heavy (non-hydrogen) atoms. The molecule has 0 radical (unpaired) electrons. The molecule has 0 amide bonds. The highest BCUT2D eigenvalue weighted by Crippen LogP contribution is 2.21. The molecule has 0 saturated carbocycles. The standard InChI is InChI=1S/C16H23N3O2/c1-3-13(2)18-9-11-19(12-10-18)16-14(5-4-8-17-16)6-7-15(20)21/h4-8,13H,3,9-12H2,1-2H3,(H,20,21)/b7-6+. The zero-order valence-corrected chi connectivity index (χ0v) is 12.7. The lowest BCUT2D eigenvalue weighted by molar-refractivity contribution is -0.131. The highest BCUT2D eigenvalue weighted by molar-refractivity contribution is 5.86. The third-order valence-electron chi connectivity index (χ3n) is 4.05. The van der Waals surface area contributed by atoms with Crippen LogP contribution in [0.15, 0.2) is 24.4 Å². The number of rotatable bonds is 5. The zero-order chi connectivity index (χ0) is 15.2. The fraction of sp³-hybridized carbons (Fsp3) is 0.500. The quantitative estimate of drug-likeness (QED) is 0.841.